The van der Waals surface area contributed by atoms with E-state index in [0.717, 1.165) is 45.1 Å². The van der Waals surface area contributed by atoms with E-state index >= 15 is 0 Å². The molecule has 1 aliphatic heterocycles. The lowest BCUT2D eigenvalue weighted by molar-refractivity contribution is 0.129. The molecule has 0 bridgehead atoms. The second kappa shape index (κ2) is 15.7. The number of likely N-dealkylation sites (tertiary alicyclic amines) is 1. The molecule has 1 heterocycles. The number of nitrogens with one attached hydrogen (secondary N) is 2. The Kier molecular flexibility index (Phi) is 13.9. The predicted molar refractivity (Wildman–Crippen MR) is 104 cm³/mol. The number of hydrogen-bond acceptors (Lipinski definition) is 3. The van der Waals surface area contributed by atoms with Crippen LogP contribution in [-0.2, 0) is 4.74 Å². The van der Waals surface area contributed by atoms with Gasteiger partial charge in [0.25, 0.3) is 0 Å². The van der Waals surface area contributed by atoms with Gasteiger partial charge < -0.3 is 20.3 Å². The molecular formula is C19H40N4O. The molecule has 0 atom stereocenters. The van der Waals surface area contributed by atoms with Gasteiger partial charge in [0.2, 0.25) is 0 Å². The highest BCUT2D eigenvalue weighted by Gasteiger charge is 2.08. The first-order valence-electron chi connectivity index (χ1n) is 10.1. The topological polar surface area (TPSA) is 48.9 Å². The molecule has 24 heavy (non-hydrogen) atoms. The van der Waals surface area contributed by atoms with Crippen molar-refractivity contribution in [2.24, 2.45) is 4.99 Å². The highest BCUT2D eigenvalue weighted by atomic mass is 16.5. The minimum atomic E-state index is 0.834. The summed E-state index contributed by atoms with van der Waals surface area (Å²) in [6.07, 6.45) is 11.4. The summed E-state index contributed by atoms with van der Waals surface area (Å²) in [7, 11) is 1.84. The third-order valence-electron chi connectivity index (χ3n) is 4.52. The van der Waals surface area contributed by atoms with E-state index < -0.39 is 0 Å². The van der Waals surface area contributed by atoms with Gasteiger partial charge >= 0.3 is 0 Å². The lowest BCUT2D eigenvalue weighted by Gasteiger charge is -2.26. The fourth-order valence-electron chi connectivity index (χ4n) is 2.98. The zero-order valence-corrected chi connectivity index (χ0v) is 16.1. The number of ether oxygens (including phenoxy) is 1. The summed E-state index contributed by atoms with van der Waals surface area (Å²) in [6, 6.07) is 0. The van der Waals surface area contributed by atoms with Crippen LogP contribution in [0, 0.1) is 0 Å². The highest BCUT2D eigenvalue weighted by Crippen LogP contribution is 2.09. The zero-order chi connectivity index (χ0) is 17.3. The fourth-order valence-corrected chi connectivity index (χ4v) is 2.98. The average Bonchev–Trinajstić information content (AvgIpc) is 2.63. The third kappa shape index (κ3) is 11.7. The van der Waals surface area contributed by atoms with Crippen molar-refractivity contribution in [1.29, 1.82) is 0 Å². The van der Waals surface area contributed by atoms with Crippen molar-refractivity contribution in [3.63, 3.8) is 0 Å². The van der Waals surface area contributed by atoms with Gasteiger partial charge in [-0.05, 0) is 58.2 Å². The van der Waals surface area contributed by atoms with Crippen molar-refractivity contribution in [3.05, 3.63) is 0 Å². The van der Waals surface area contributed by atoms with Crippen molar-refractivity contribution >= 4 is 5.96 Å². The molecule has 5 heteroatoms. The van der Waals surface area contributed by atoms with Gasteiger partial charge in [-0.15, -0.1) is 0 Å². The molecule has 1 aliphatic rings. The molecule has 0 aromatic rings. The molecule has 0 aromatic carbocycles. The molecule has 0 aromatic heterocycles. The van der Waals surface area contributed by atoms with Crippen LogP contribution in [0.2, 0.25) is 0 Å². The largest absolute Gasteiger partial charge is 0.381 e. The minimum Gasteiger partial charge on any atom is -0.381 e. The summed E-state index contributed by atoms with van der Waals surface area (Å²) < 4.78 is 5.56. The maximum atomic E-state index is 5.56. The monoisotopic (exact) mass is 340 g/mol. The number of guanidine groups is 1. The normalized spacial score (nSPS) is 16.3. The molecular weight excluding hydrogens is 300 g/mol. The maximum absolute atomic E-state index is 5.56. The third-order valence-corrected chi connectivity index (χ3v) is 4.52. The SMILES string of the molecule is CCCCOCCCNC(=NC)NCCCCCN1CCCCC1. The van der Waals surface area contributed by atoms with Crippen LogP contribution in [0.25, 0.3) is 0 Å². The number of aliphatic imine (C=N–C) groups is 1. The Hall–Kier alpha value is -0.810. The first-order chi connectivity index (χ1) is 11.9. The van der Waals surface area contributed by atoms with Crippen molar-refractivity contribution in [1.82, 2.24) is 15.5 Å². The summed E-state index contributed by atoms with van der Waals surface area (Å²) in [5.74, 6) is 0.916. The Morgan fingerprint density at radius 3 is 2.33 bits per heavy atom. The molecule has 1 fully saturated rings. The first-order valence-corrected chi connectivity index (χ1v) is 10.1. The van der Waals surface area contributed by atoms with Gasteiger partial charge in [0.15, 0.2) is 5.96 Å². The number of nitrogens with zero attached hydrogens (tertiary/aromatic N) is 2. The van der Waals surface area contributed by atoms with Crippen LogP contribution in [0.5, 0.6) is 0 Å². The Balaban J connectivity index is 1.88. The van der Waals surface area contributed by atoms with Crippen LogP contribution in [0.1, 0.15) is 64.7 Å². The lowest BCUT2D eigenvalue weighted by Crippen LogP contribution is -2.38. The summed E-state index contributed by atoms with van der Waals surface area (Å²) >= 11 is 0. The van der Waals surface area contributed by atoms with Crippen molar-refractivity contribution in [3.8, 4) is 0 Å². The van der Waals surface area contributed by atoms with E-state index in [4.69, 9.17) is 4.74 Å². The van der Waals surface area contributed by atoms with Crippen LogP contribution in [0.3, 0.4) is 0 Å². The van der Waals surface area contributed by atoms with Crippen LogP contribution in [-0.4, -0.2) is 63.8 Å². The Morgan fingerprint density at radius 2 is 1.62 bits per heavy atom. The molecule has 5 nitrogen and oxygen atoms in total. The summed E-state index contributed by atoms with van der Waals surface area (Å²) in [5, 5.41) is 6.76. The van der Waals surface area contributed by atoms with Gasteiger partial charge in [0.05, 0.1) is 0 Å². The van der Waals surface area contributed by atoms with Gasteiger partial charge in [-0.1, -0.05) is 26.2 Å². The number of rotatable bonds is 13. The van der Waals surface area contributed by atoms with Crippen LogP contribution < -0.4 is 10.6 Å². The number of unbranched alkanes of at least 4 members (excludes halogenated alkanes) is 3. The van der Waals surface area contributed by atoms with Crippen molar-refractivity contribution in [2.45, 2.75) is 64.7 Å². The van der Waals surface area contributed by atoms with E-state index in [1.54, 1.807) is 0 Å². The molecule has 142 valence electrons. The van der Waals surface area contributed by atoms with E-state index in [2.05, 4.69) is 27.4 Å². The molecule has 2 N–H and O–H groups in total. The van der Waals surface area contributed by atoms with E-state index in [-0.39, 0.29) is 0 Å². The second-order valence-electron chi connectivity index (χ2n) is 6.71. The minimum absolute atomic E-state index is 0.834. The van der Waals surface area contributed by atoms with Gasteiger partial charge in [-0.25, -0.2) is 0 Å². The zero-order valence-electron chi connectivity index (χ0n) is 16.1. The molecule has 0 aliphatic carbocycles. The molecule has 1 saturated heterocycles. The first kappa shape index (κ1) is 21.2. The van der Waals surface area contributed by atoms with E-state index in [1.807, 2.05) is 7.05 Å². The van der Waals surface area contributed by atoms with Crippen LogP contribution >= 0.6 is 0 Å². The molecule has 0 spiro atoms. The van der Waals surface area contributed by atoms with Crippen molar-refractivity contribution in [2.75, 3.05) is 53.0 Å². The smallest absolute Gasteiger partial charge is 0.190 e. The summed E-state index contributed by atoms with van der Waals surface area (Å²) in [4.78, 5) is 6.90. The average molecular weight is 341 g/mol. The predicted octanol–water partition coefficient (Wildman–Crippen LogP) is 3.01. The quantitative estimate of drug-likeness (QED) is 0.307. The fraction of sp³-hybridized carbons (Fsp3) is 0.947. The molecule has 0 amide bonds. The lowest BCUT2D eigenvalue weighted by atomic mass is 10.1. The summed E-state index contributed by atoms with van der Waals surface area (Å²) in [6.45, 7) is 9.75. The Labute approximate surface area is 149 Å². The summed E-state index contributed by atoms with van der Waals surface area (Å²) in [5.41, 5.74) is 0. The van der Waals surface area contributed by atoms with E-state index in [0.29, 0.717) is 0 Å². The Morgan fingerprint density at radius 1 is 0.917 bits per heavy atom. The van der Waals surface area contributed by atoms with E-state index in [1.165, 1.54) is 64.6 Å². The standard InChI is InChI=1S/C19H40N4O/c1-3-4-17-24-18-11-13-22-19(20-2)21-12-7-5-8-14-23-15-9-6-10-16-23/h3-18H2,1-2H3,(H2,20,21,22). The maximum Gasteiger partial charge on any atom is 0.190 e. The van der Waals surface area contributed by atoms with Crippen LogP contribution in [0.4, 0.5) is 0 Å². The molecule has 0 saturated carbocycles. The highest BCUT2D eigenvalue weighted by molar-refractivity contribution is 5.79. The number of piperidine rings is 1. The van der Waals surface area contributed by atoms with Crippen LogP contribution in [0.15, 0.2) is 4.99 Å². The van der Waals surface area contributed by atoms with E-state index in [9.17, 15) is 0 Å². The molecule has 0 radical (unpaired) electrons. The number of hydrogen-bond donors (Lipinski definition) is 2. The molecule has 1 rings (SSSR count). The van der Waals surface area contributed by atoms with Gasteiger partial charge in [0.1, 0.15) is 0 Å². The molecule has 0 unspecified atom stereocenters. The van der Waals surface area contributed by atoms with Gasteiger partial charge in [-0.2, -0.15) is 0 Å². The second-order valence-corrected chi connectivity index (χ2v) is 6.71. The Bertz CT molecular complexity index is 304. The van der Waals surface area contributed by atoms with Gasteiger partial charge in [-0.3, -0.25) is 4.99 Å². The van der Waals surface area contributed by atoms with Crippen molar-refractivity contribution < 1.29 is 4.74 Å². The van der Waals surface area contributed by atoms with Gasteiger partial charge in [0, 0.05) is 33.4 Å².